The van der Waals surface area contributed by atoms with Crippen LogP contribution in [0, 0.1) is 5.82 Å². The first-order valence-corrected chi connectivity index (χ1v) is 7.70. The number of hydrogen-bond donors (Lipinski definition) is 2. The van der Waals surface area contributed by atoms with Crippen molar-refractivity contribution < 1.29 is 9.18 Å². The number of nitrogens with one attached hydrogen (secondary N) is 2. The van der Waals surface area contributed by atoms with Crippen molar-refractivity contribution in [2.75, 3.05) is 48.8 Å². The summed E-state index contributed by atoms with van der Waals surface area (Å²) in [6, 6.07) is 5.43. The molecule has 2 heterocycles. The first-order chi connectivity index (χ1) is 11.6. The van der Waals surface area contributed by atoms with Crippen molar-refractivity contribution in [1.82, 2.24) is 14.9 Å². The normalized spacial score (nSPS) is 15.2. The third kappa shape index (κ3) is 3.96. The largest absolute Gasteiger partial charge is 0.338 e. The molecule has 0 unspecified atom stereocenters. The summed E-state index contributed by atoms with van der Waals surface area (Å²) in [4.78, 5) is 24.8. The second-order valence-corrected chi connectivity index (χ2v) is 5.62. The number of benzene rings is 1. The van der Waals surface area contributed by atoms with Gasteiger partial charge in [-0.05, 0) is 19.2 Å². The number of piperazine rings is 1. The second kappa shape index (κ2) is 7.22. The molecule has 0 radical (unpaired) electrons. The summed E-state index contributed by atoms with van der Waals surface area (Å²) in [5.74, 6) is 0.150. The van der Waals surface area contributed by atoms with E-state index in [1.807, 2.05) is 0 Å². The number of halogens is 1. The number of carbonyl (C=O) groups is 1. The first kappa shape index (κ1) is 16.1. The Bertz CT molecular complexity index is 700. The van der Waals surface area contributed by atoms with Crippen molar-refractivity contribution in [3.05, 3.63) is 42.5 Å². The Morgan fingerprint density at radius 1 is 1.08 bits per heavy atom. The predicted octanol–water partition coefficient (Wildman–Crippen LogP) is 2.01. The van der Waals surface area contributed by atoms with E-state index in [0.717, 1.165) is 26.2 Å². The number of amides is 2. The number of urea groups is 1. The molecule has 8 heteroatoms. The summed E-state index contributed by atoms with van der Waals surface area (Å²) in [5.41, 5.74) is 0.562. The molecular formula is C16H19FN6O. The zero-order valence-electron chi connectivity index (χ0n) is 13.4. The Kier molecular flexibility index (Phi) is 4.85. The molecule has 0 saturated carbocycles. The molecule has 1 fully saturated rings. The minimum atomic E-state index is -0.545. The molecule has 1 aliphatic rings. The maximum Gasteiger partial charge on any atom is 0.323 e. The van der Waals surface area contributed by atoms with E-state index in [1.165, 1.54) is 12.1 Å². The Labute approximate surface area is 139 Å². The smallest absolute Gasteiger partial charge is 0.323 e. The lowest BCUT2D eigenvalue weighted by Gasteiger charge is -2.32. The van der Waals surface area contributed by atoms with Crippen LogP contribution >= 0.6 is 0 Å². The van der Waals surface area contributed by atoms with E-state index in [9.17, 15) is 9.18 Å². The van der Waals surface area contributed by atoms with Crippen LogP contribution in [-0.4, -0.2) is 54.1 Å². The number of hydrogen-bond acceptors (Lipinski definition) is 5. The zero-order chi connectivity index (χ0) is 16.9. The van der Waals surface area contributed by atoms with E-state index in [2.05, 4.69) is 37.4 Å². The quantitative estimate of drug-likeness (QED) is 0.901. The van der Waals surface area contributed by atoms with Crippen LogP contribution in [0.5, 0.6) is 0 Å². The van der Waals surface area contributed by atoms with Gasteiger partial charge >= 0.3 is 6.03 Å². The first-order valence-electron chi connectivity index (χ1n) is 7.70. The molecule has 2 aromatic rings. The molecule has 1 aromatic carbocycles. The van der Waals surface area contributed by atoms with Gasteiger partial charge in [0.1, 0.15) is 5.82 Å². The van der Waals surface area contributed by atoms with Crippen LogP contribution in [0.15, 0.2) is 36.7 Å². The summed E-state index contributed by atoms with van der Waals surface area (Å²) < 4.78 is 13.5. The number of carbonyl (C=O) groups excluding carboxylic acids is 1. The molecule has 1 saturated heterocycles. The number of para-hydroxylation sites is 1. The van der Waals surface area contributed by atoms with Crippen LogP contribution in [0.2, 0.25) is 0 Å². The van der Waals surface area contributed by atoms with Crippen LogP contribution in [0.1, 0.15) is 0 Å². The lowest BCUT2D eigenvalue weighted by molar-refractivity contribution is 0.262. The number of aromatic nitrogens is 2. The van der Waals surface area contributed by atoms with Gasteiger partial charge in [-0.1, -0.05) is 12.1 Å². The van der Waals surface area contributed by atoms with Crippen LogP contribution in [-0.2, 0) is 0 Å². The fourth-order valence-electron chi connectivity index (χ4n) is 2.40. The highest BCUT2D eigenvalue weighted by Crippen LogP contribution is 2.14. The Morgan fingerprint density at radius 2 is 1.75 bits per heavy atom. The summed E-state index contributed by atoms with van der Waals surface area (Å²) in [7, 11) is 2.08. The van der Waals surface area contributed by atoms with Crippen molar-refractivity contribution in [3.8, 4) is 0 Å². The van der Waals surface area contributed by atoms with E-state index in [-0.39, 0.29) is 5.69 Å². The van der Waals surface area contributed by atoms with Gasteiger partial charge in [-0.15, -0.1) is 0 Å². The lowest BCUT2D eigenvalue weighted by Crippen LogP contribution is -2.45. The minimum absolute atomic E-state index is 0.116. The average molecular weight is 330 g/mol. The molecule has 2 N–H and O–H groups in total. The topological polar surface area (TPSA) is 73.4 Å². The fraction of sp³-hybridized carbons (Fsp3) is 0.312. The molecule has 1 aromatic heterocycles. The van der Waals surface area contributed by atoms with Crippen LogP contribution in [0.3, 0.4) is 0 Å². The molecule has 7 nitrogen and oxygen atoms in total. The number of likely N-dealkylation sites (N-methyl/N-ethyl adjacent to an activating group) is 1. The predicted molar refractivity (Wildman–Crippen MR) is 90.8 cm³/mol. The Morgan fingerprint density at radius 3 is 2.42 bits per heavy atom. The third-order valence-electron chi connectivity index (χ3n) is 3.80. The fourth-order valence-corrected chi connectivity index (χ4v) is 2.40. The van der Waals surface area contributed by atoms with E-state index < -0.39 is 11.8 Å². The molecular weight excluding hydrogens is 311 g/mol. The Hall–Kier alpha value is -2.74. The van der Waals surface area contributed by atoms with E-state index >= 15 is 0 Å². The van der Waals surface area contributed by atoms with Gasteiger partial charge in [-0.2, -0.15) is 0 Å². The van der Waals surface area contributed by atoms with Gasteiger partial charge in [0.2, 0.25) is 5.95 Å². The van der Waals surface area contributed by atoms with Gasteiger partial charge in [-0.3, -0.25) is 0 Å². The highest BCUT2D eigenvalue weighted by atomic mass is 19.1. The van der Waals surface area contributed by atoms with Gasteiger partial charge in [0, 0.05) is 26.2 Å². The maximum atomic E-state index is 13.5. The van der Waals surface area contributed by atoms with Crippen molar-refractivity contribution >= 4 is 23.4 Å². The van der Waals surface area contributed by atoms with Gasteiger partial charge < -0.3 is 20.4 Å². The standard InChI is InChI=1S/C16H19FN6O/c1-22-6-8-23(9-7-22)15-18-10-12(11-19-15)20-16(24)21-14-5-3-2-4-13(14)17/h2-5,10-11H,6-9H2,1H3,(H2,20,21,24). The average Bonchev–Trinajstić information content (AvgIpc) is 2.58. The molecule has 3 rings (SSSR count). The maximum absolute atomic E-state index is 13.5. The molecule has 0 aliphatic carbocycles. The van der Waals surface area contributed by atoms with Crippen molar-refractivity contribution in [2.45, 2.75) is 0 Å². The summed E-state index contributed by atoms with van der Waals surface area (Å²) in [5, 5.41) is 5.03. The lowest BCUT2D eigenvalue weighted by atomic mass is 10.3. The molecule has 0 spiro atoms. The highest BCUT2D eigenvalue weighted by molar-refractivity contribution is 5.99. The molecule has 0 atom stereocenters. The van der Waals surface area contributed by atoms with Crippen LogP contribution in [0.4, 0.5) is 26.5 Å². The molecule has 2 amide bonds. The summed E-state index contributed by atoms with van der Waals surface area (Å²) in [6.07, 6.45) is 3.09. The van der Waals surface area contributed by atoms with Crippen LogP contribution < -0.4 is 15.5 Å². The SMILES string of the molecule is CN1CCN(c2ncc(NC(=O)Nc3ccccc3F)cn2)CC1. The third-order valence-corrected chi connectivity index (χ3v) is 3.80. The second-order valence-electron chi connectivity index (χ2n) is 5.62. The van der Waals surface area contributed by atoms with E-state index in [0.29, 0.717) is 11.6 Å². The summed E-state index contributed by atoms with van der Waals surface area (Å²) in [6.45, 7) is 3.68. The molecule has 1 aliphatic heterocycles. The zero-order valence-corrected chi connectivity index (χ0v) is 13.4. The van der Waals surface area contributed by atoms with Crippen molar-refractivity contribution in [3.63, 3.8) is 0 Å². The van der Waals surface area contributed by atoms with Crippen molar-refractivity contribution in [2.24, 2.45) is 0 Å². The minimum Gasteiger partial charge on any atom is -0.338 e. The van der Waals surface area contributed by atoms with E-state index in [4.69, 9.17) is 0 Å². The highest BCUT2D eigenvalue weighted by Gasteiger charge is 2.16. The van der Waals surface area contributed by atoms with Crippen LogP contribution in [0.25, 0.3) is 0 Å². The molecule has 24 heavy (non-hydrogen) atoms. The van der Waals surface area contributed by atoms with Gasteiger partial charge in [0.25, 0.3) is 0 Å². The van der Waals surface area contributed by atoms with Gasteiger partial charge in [0.15, 0.2) is 0 Å². The monoisotopic (exact) mass is 330 g/mol. The number of rotatable bonds is 3. The summed E-state index contributed by atoms with van der Waals surface area (Å²) >= 11 is 0. The van der Waals surface area contributed by atoms with E-state index in [1.54, 1.807) is 24.5 Å². The van der Waals surface area contributed by atoms with Gasteiger partial charge in [-0.25, -0.2) is 19.2 Å². The molecule has 126 valence electrons. The number of nitrogens with zero attached hydrogens (tertiary/aromatic N) is 4. The number of anilines is 3. The Balaban J connectivity index is 1.58. The van der Waals surface area contributed by atoms with Crippen molar-refractivity contribution in [1.29, 1.82) is 0 Å². The molecule has 0 bridgehead atoms. The van der Waals surface area contributed by atoms with Gasteiger partial charge in [0.05, 0.1) is 23.8 Å².